The zero-order chi connectivity index (χ0) is 13.4. The maximum Gasteiger partial charge on any atom is 0.325 e. The standard InChI is InChI=1S/C13H25NO4/c1-3-17-12(15)13(2,14)7-4-5-8-18-11-6-9-16-10-11/h11H,3-10,14H2,1-2H3. The summed E-state index contributed by atoms with van der Waals surface area (Å²) in [6, 6.07) is 0. The van der Waals surface area contributed by atoms with Crippen molar-refractivity contribution in [2.24, 2.45) is 5.73 Å². The van der Waals surface area contributed by atoms with Gasteiger partial charge in [-0.2, -0.15) is 0 Å². The molecule has 1 aliphatic rings. The molecular weight excluding hydrogens is 234 g/mol. The summed E-state index contributed by atoms with van der Waals surface area (Å²) in [7, 11) is 0. The van der Waals surface area contributed by atoms with Crippen LogP contribution < -0.4 is 5.73 Å². The highest BCUT2D eigenvalue weighted by Gasteiger charge is 2.29. The Morgan fingerprint density at radius 1 is 1.50 bits per heavy atom. The van der Waals surface area contributed by atoms with Gasteiger partial charge in [-0.15, -0.1) is 0 Å². The molecule has 1 aliphatic heterocycles. The Balaban J connectivity index is 2.06. The molecule has 0 saturated carbocycles. The molecule has 0 aliphatic carbocycles. The van der Waals surface area contributed by atoms with Crippen LogP contribution in [0.3, 0.4) is 0 Å². The van der Waals surface area contributed by atoms with Gasteiger partial charge in [0, 0.05) is 13.2 Å². The largest absolute Gasteiger partial charge is 0.465 e. The molecule has 2 atom stereocenters. The summed E-state index contributed by atoms with van der Waals surface area (Å²) in [5.41, 5.74) is 5.03. The first-order chi connectivity index (χ1) is 8.56. The molecule has 1 fully saturated rings. The van der Waals surface area contributed by atoms with Crippen LogP contribution in [0.4, 0.5) is 0 Å². The summed E-state index contributed by atoms with van der Waals surface area (Å²) >= 11 is 0. The maximum absolute atomic E-state index is 11.5. The average Bonchev–Trinajstić information content (AvgIpc) is 2.82. The van der Waals surface area contributed by atoms with Crippen LogP contribution in [0.1, 0.15) is 39.5 Å². The van der Waals surface area contributed by atoms with Crippen LogP contribution in [0, 0.1) is 0 Å². The number of ether oxygens (including phenoxy) is 3. The fraction of sp³-hybridized carbons (Fsp3) is 0.923. The van der Waals surface area contributed by atoms with Crippen LogP contribution in [0.25, 0.3) is 0 Å². The van der Waals surface area contributed by atoms with Gasteiger partial charge in [0.2, 0.25) is 0 Å². The van der Waals surface area contributed by atoms with Crippen LogP contribution in [-0.4, -0.2) is 44.0 Å². The molecule has 0 bridgehead atoms. The first-order valence-corrected chi connectivity index (χ1v) is 6.71. The minimum atomic E-state index is -0.882. The van der Waals surface area contributed by atoms with E-state index in [-0.39, 0.29) is 12.1 Å². The summed E-state index contributed by atoms with van der Waals surface area (Å²) in [5.74, 6) is -0.324. The maximum atomic E-state index is 11.5. The van der Waals surface area contributed by atoms with Crippen LogP contribution in [0.15, 0.2) is 0 Å². The topological polar surface area (TPSA) is 70.8 Å². The third-order valence-electron chi connectivity index (χ3n) is 3.07. The van der Waals surface area contributed by atoms with Gasteiger partial charge in [0.05, 0.1) is 19.3 Å². The van der Waals surface area contributed by atoms with E-state index in [9.17, 15) is 4.79 Å². The lowest BCUT2D eigenvalue weighted by Crippen LogP contribution is -2.46. The number of esters is 1. The molecule has 106 valence electrons. The predicted molar refractivity (Wildman–Crippen MR) is 68.3 cm³/mol. The third-order valence-corrected chi connectivity index (χ3v) is 3.07. The SMILES string of the molecule is CCOC(=O)C(C)(N)CCCCOC1CCOC1. The Kier molecular flexibility index (Phi) is 6.60. The molecule has 1 saturated heterocycles. The van der Waals surface area contributed by atoms with E-state index in [1.807, 2.05) is 0 Å². The van der Waals surface area contributed by atoms with Gasteiger partial charge in [0.15, 0.2) is 0 Å². The van der Waals surface area contributed by atoms with Crippen LogP contribution in [0.5, 0.6) is 0 Å². The van der Waals surface area contributed by atoms with Crippen molar-refractivity contribution in [2.45, 2.75) is 51.2 Å². The zero-order valence-electron chi connectivity index (χ0n) is 11.4. The van der Waals surface area contributed by atoms with Crippen LogP contribution in [0.2, 0.25) is 0 Å². The molecule has 0 amide bonds. The lowest BCUT2D eigenvalue weighted by atomic mass is 9.96. The van der Waals surface area contributed by atoms with Gasteiger partial charge in [0.1, 0.15) is 5.54 Å². The van der Waals surface area contributed by atoms with Crippen molar-refractivity contribution >= 4 is 5.97 Å². The van der Waals surface area contributed by atoms with E-state index < -0.39 is 5.54 Å². The number of nitrogens with two attached hydrogens (primary N) is 1. The van der Waals surface area contributed by atoms with Gasteiger partial charge in [-0.25, -0.2) is 0 Å². The minimum Gasteiger partial charge on any atom is -0.465 e. The fourth-order valence-corrected chi connectivity index (χ4v) is 1.89. The zero-order valence-corrected chi connectivity index (χ0v) is 11.4. The Labute approximate surface area is 109 Å². The molecule has 0 radical (unpaired) electrons. The summed E-state index contributed by atoms with van der Waals surface area (Å²) in [6.45, 7) is 6.08. The van der Waals surface area contributed by atoms with Gasteiger partial charge in [-0.05, 0) is 39.5 Å². The molecule has 1 rings (SSSR count). The molecule has 0 aromatic rings. The van der Waals surface area contributed by atoms with Crippen molar-refractivity contribution in [1.82, 2.24) is 0 Å². The first-order valence-electron chi connectivity index (χ1n) is 6.71. The number of rotatable bonds is 8. The molecular formula is C13H25NO4. The van der Waals surface area contributed by atoms with E-state index in [2.05, 4.69) is 0 Å². The number of carbonyl (C=O) groups is 1. The molecule has 0 aromatic heterocycles. The Hall–Kier alpha value is -0.650. The van der Waals surface area contributed by atoms with Gasteiger partial charge >= 0.3 is 5.97 Å². The summed E-state index contributed by atoms with van der Waals surface area (Å²) in [5, 5.41) is 0. The smallest absolute Gasteiger partial charge is 0.325 e. The van der Waals surface area contributed by atoms with Crippen molar-refractivity contribution in [3.8, 4) is 0 Å². The second-order valence-corrected chi connectivity index (χ2v) is 4.95. The molecule has 0 aromatic carbocycles. The number of unbranched alkanes of at least 4 members (excludes halogenated alkanes) is 1. The van der Waals surface area contributed by atoms with Crippen molar-refractivity contribution in [1.29, 1.82) is 0 Å². The van der Waals surface area contributed by atoms with E-state index in [1.54, 1.807) is 13.8 Å². The van der Waals surface area contributed by atoms with E-state index >= 15 is 0 Å². The molecule has 5 nitrogen and oxygen atoms in total. The van der Waals surface area contributed by atoms with E-state index in [0.29, 0.717) is 26.2 Å². The summed E-state index contributed by atoms with van der Waals surface area (Å²) in [6.07, 6.45) is 3.62. The highest BCUT2D eigenvalue weighted by molar-refractivity contribution is 5.79. The first kappa shape index (κ1) is 15.4. The quantitative estimate of drug-likeness (QED) is 0.524. The van der Waals surface area contributed by atoms with Gasteiger partial charge < -0.3 is 19.9 Å². The van der Waals surface area contributed by atoms with Crippen LogP contribution >= 0.6 is 0 Å². The molecule has 0 spiro atoms. The van der Waals surface area contributed by atoms with Crippen molar-refractivity contribution in [3.05, 3.63) is 0 Å². The Bertz CT molecular complexity index is 249. The fourth-order valence-electron chi connectivity index (χ4n) is 1.89. The van der Waals surface area contributed by atoms with Gasteiger partial charge in [0.25, 0.3) is 0 Å². The normalized spacial score (nSPS) is 22.7. The number of hydrogen-bond acceptors (Lipinski definition) is 5. The average molecular weight is 259 g/mol. The van der Waals surface area contributed by atoms with E-state index in [0.717, 1.165) is 25.9 Å². The van der Waals surface area contributed by atoms with Gasteiger partial charge in [-0.3, -0.25) is 4.79 Å². The molecule has 2 unspecified atom stereocenters. The van der Waals surface area contributed by atoms with Crippen molar-refractivity contribution in [2.75, 3.05) is 26.4 Å². The monoisotopic (exact) mass is 259 g/mol. The Morgan fingerprint density at radius 2 is 2.28 bits per heavy atom. The highest BCUT2D eigenvalue weighted by Crippen LogP contribution is 2.14. The summed E-state index contributed by atoms with van der Waals surface area (Å²) in [4.78, 5) is 11.5. The second-order valence-electron chi connectivity index (χ2n) is 4.95. The lowest BCUT2D eigenvalue weighted by molar-refractivity contribution is -0.149. The van der Waals surface area contributed by atoms with E-state index in [1.165, 1.54) is 0 Å². The molecule has 5 heteroatoms. The van der Waals surface area contributed by atoms with Gasteiger partial charge in [-0.1, -0.05) is 0 Å². The van der Waals surface area contributed by atoms with E-state index in [4.69, 9.17) is 19.9 Å². The second kappa shape index (κ2) is 7.71. The highest BCUT2D eigenvalue weighted by atomic mass is 16.5. The Morgan fingerprint density at radius 3 is 2.89 bits per heavy atom. The summed E-state index contributed by atoms with van der Waals surface area (Å²) < 4.78 is 15.8. The number of carbonyl (C=O) groups excluding carboxylic acids is 1. The van der Waals surface area contributed by atoms with Crippen molar-refractivity contribution in [3.63, 3.8) is 0 Å². The third kappa shape index (κ3) is 5.33. The van der Waals surface area contributed by atoms with Crippen molar-refractivity contribution < 1.29 is 19.0 Å². The lowest BCUT2D eigenvalue weighted by Gasteiger charge is -2.22. The van der Waals surface area contributed by atoms with Crippen LogP contribution in [-0.2, 0) is 19.0 Å². The molecule has 1 heterocycles. The number of hydrogen-bond donors (Lipinski definition) is 1. The minimum absolute atomic E-state index is 0.249. The molecule has 2 N–H and O–H groups in total. The molecule has 18 heavy (non-hydrogen) atoms. The predicted octanol–water partition coefficient (Wildman–Crippen LogP) is 1.24.